The van der Waals surface area contributed by atoms with Gasteiger partial charge in [-0.2, -0.15) is 5.26 Å². The summed E-state index contributed by atoms with van der Waals surface area (Å²) in [5.41, 5.74) is 5.64. The first-order chi connectivity index (χ1) is 9.15. The Labute approximate surface area is 115 Å². The maximum absolute atomic E-state index is 11.8. The number of hydrogen-bond donors (Lipinski definition) is 1. The van der Waals surface area contributed by atoms with Crippen LogP contribution in [0.1, 0.15) is 24.6 Å². The number of hydrogen-bond acceptors (Lipinski definition) is 7. The molecular formula is C12H16N4O2S. The maximum atomic E-state index is 11.8. The molecule has 1 unspecified atom stereocenters. The highest BCUT2D eigenvalue weighted by Gasteiger charge is 2.29. The zero-order valence-corrected chi connectivity index (χ0v) is 11.6. The van der Waals surface area contributed by atoms with Gasteiger partial charge in [-0.25, -0.2) is 4.98 Å². The quantitative estimate of drug-likeness (QED) is 0.841. The second-order valence-electron chi connectivity index (χ2n) is 4.35. The van der Waals surface area contributed by atoms with Gasteiger partial charge < -0.3 is 15.4 Å². The number of rotatable bonds is 3. The Morgan fingerprint density at radius 2 is 2.53 bits per heavy atom. The van der Waals surface area contributed by atoms with Gasteiger partial charge in [0.05, 0.1) is 12.5 Å². The van der Waals surface area contributed by atoms with Crippen LogP contribution in [0.2, 0.25) is 0 Å². The average Bonchev–Trinajstić information content (AvgIpc) is 2.80. The lowest BCUT2D eigenvalue weighted by molar-refractivity contribution is -0.148. The smallest absolute Gasteiger partial charge is 0.310 e. The van der Waals surface area contributed by atoms with Gasteiger partial charge in [-0.15, -0.1) is 0 Å². The summed E-state index contributed by atoms with van der Waals surface area (Å²) < 4.78 is 5.05. The third kappa shape index (κ3) is 2.96. The molecule has 1 aliphatic rings. The van der Waals surface area contributed by atoms with Gasteiger partial charge in [0.1, 0.15) is 6.07 Å². The minimum atomic E-state index is -0.172. The molecule has 0 bridgehead atoms. The second-order valence-corrected chi connectivity index (χ2v) is 5.38. The van der Waals surface area contributed by atoms with Crippen LogP contribution in [0.3, 0.4) is 0 Å². The number of carbonyl (C=O) groups excluding carboxylic acids is 1. The molecular weight excluding hydrogens is 264 g/mol. The molecule has 2 heterocycles. The molecule has 1 aromatic heterocycles. The van der Waals surface area contributed by atoms with Crippen LogP contribution in [-0.4, -0.2) is 30.6 Å². The number of nitrogen functional groups attached to an aromatic ring is 1. The van der Waals surface area contributed by atoms with E-state index in [4.69, 9.17) is 15.7 Å². The predicted octanol–water partition coefficient (Wildman–Crippen LogP) is 1.38. The Balaban J connectivity index is 2.13. The van der Waals surface area contributed by atoms with Crippen LogP contribution in [0.5, 0.6) is 0 Å². The van der Waals surface area contributed by atoms with Crippen LogP contribution in [0.25, 0.3) is 0 Å². The van der Waals surface area contributed by atoms with Crippen LogP contribution < -0.4 is 10.6 Å². The molecule has 2 rings (SSSR count). The van der Waals surface area contributed by atoms with Crippen LogP contribution in [0, 0.1) is 17.2 Å². The molecule has 7 heteroatoms. The zero-order valence-electron chi connectivity index (χ0n) is 10.8. The highest BCUT2D eigenvalue weighted by Crippen LogP contribution is 2.30. The standard InChI is InChI=1S/C12H16N4O2S/c1-2-18-11(17)8-4-3-5-16(7-8)10-9(6-13)19-12(14)15-10/h8H,2-5,7H2,1H3,(H2,14,15). The highest BCUT2D eigenvalue weighted by atomic mass is 32.1. The summed E-state index contributed by atoms with van der Waals surface area (Å²) in [6.45, 7) is 3.51. The summed E-state index contributed by atoms with van der Waals surface area (Å²) in [4.78, 5) is 18.4. The van der Waals surface area contributed by atoms with Gasteiger partial charge >= 0.3 is 5.97 Å². The van der Waals surface area contributed by atoms with Gasteiger partial charge in [-0.05, 0) is 19.8 Å². The van der Waals surface area contributed by atoms with Crippen molar-refractivity contribution in [2.45, 2.75) is 19.8 Å². The molecule has 0 radical (unpaired) electrons. The van der Waals surface area contributed by atoms with Crippen LogP contribution >= 0.6 is 11.3 Å². The Hall–Kier alpha value is -1.81. The molecule has 1 fully saturated rings. The first kappa shape index (κ1) is 13.6. The number of carbonyl (C=O) groups is 1. The van der Waals surface area contributed by atoms with Crippen molar-refractivity contribution in [3.63, 3.8) is 0 Å². The van der Waals surface area contributed by atoms with Gasteiger partial charge in [0.2, 0.25) is 0 Å². The van der Waals surface area contributed by atoms with Crippen LogP contribution in [0.15, 0.2) is 0 Å². The fourth-order valence-corrected chi connectivity index (χ4v) is 2.89. The summed E-state index contributed by atoms with van der Waals surface area (Å²) in [5, 5.41) is 9.45. The molecule has 1 aliphatic heterocycles. The zero-order chi connectivity index (χ0) is 13.8. The van der Waals surface area contributed by atoms with Crippen molar-refractivity contribution >= 4 is 28.3 Å². The Kier molecular flexibility index (Phi) is 4.22. The third-order valence-electron chi connectivity index (χ3n) is 3.07. The van der Waals surface area contributed by atoms with Crippen molar-refractivity contribution in [3.05, 3.63) is 4.88 Å². The van der Waals surface area contributed by atoms with E-state index in [1.165, 1.54) is 11.3 Å². The van der Waals surface area contributed by atoms with Crippen molar-refractivity contribution < 1.29 is 9.53 Å². The normalized spacial score (nSPS) is 18.9. The van der Waals surface area contributed by atoms with Gasteiger partial charge in [0.25, 0.3) is 0 Å². The molecule has 19 heavy (non-hydrogen) atoms. The van der Waals surface area contributed by atoms with E-state index in [1.807, 2.05) is 4.90 Å². The van der Waals surface area contributed by atoms with Crippen molar-refractivity contribution in [3.8, 4) is 6.07 Å². The fourth-order valence-electron chi connectivity index (χ4n) is 2.24. The lowest BCUT2D eigenvalue weighted by Gasteiger charge is -2.31. The van der Waals surface area contributed by atoms with E-state index in [2.05, 4.69) is 11.1 Å². The molecule has 1 saturated heterocycles. The van der Waals surface area contributed by atoms with E-state index in [9.17, 15) is 4.79 Å². The summed E-state index contributed by atoms with van der Waals surface area (Å²) in [5.74, 6) is 0.274. The van der Waals surface area contributed by atoms with Crippen molar-refractivity contribution in [2.24, 2.45) is 5.92 Å². The van der Waals surface area contributed by atoms with E-state index in [0.717, 1.165) is 19.4 Å². The average molecular weight is 280 g/mol. The van der Waals surface area contributed by atoms with Gasteiger partial charge in [0.15, 0.2) is 15.8 Å². The second kappa shape index (κ2) is 5.89. The lowest BCUT2D eigenvalue weighted by atomic mass is 9.98. The first-order valence-corrected chi connectivity index (χ1v) is 7.05. The third-order valence-corrected chi connectivity index (χ3v) is 3.85. The minimum absolute atomic E-state index is 0.150. The minimum Gasteiger partial charge on any atom is -0.466 e. The summed E-state index contributed by atoms with van der Waals surface area (Å²) in [7, 11) is 0. The van der Waals surface area contributed by atoms with Crippen molar-refractivity contribution in [1.29, 1.82) is 5.26 Å². The van der Waals surface area contributed by atoms with Gasteiger partial charge in [-0.3, -0.25) is 4.79 Å². The predicted molar refractivity (Wildman–Crippen MR) is 72.8 cm³/mol. The molecule has 0 aliphatic carbocycles. The highest BCUT2D eigenvalue weighted by molar-refractivity contribution is 7.16. The van der Waals surface area contributed by atoms with Gasteiger partial charge in [-0.1, -0.05) is 11.3 Å². The molecule has 102 valence electrons. The largest absolute Gasteiger partial charge is 0.466 e. The number of thiazole rings is 1. The van der Waals surface area contributed by atoms with Gasteiger partial charge in [0, 0.05) is 13.1 Å². The number of ether oxygens (including phenoxy) is 1. The molecule has 0 spiro atoms. The van der Waals surface area contributed by atoms with Crippen LogP contribution in [0.4, 0.5) is 10.9 Å². The molecule has 1 aromatic rings. The number of anilines is 2. The Bertz CT molecular complexity index is 508. The van der Waals surface area contributed by atoms with Crippen LogP contribution in [-0.2, 0) is 9.53 Å². The van der Waals surface area contributed by atoms with E-state index >= 15 is 0 Å². The first-order valence-electron chi connectivity index (χ1n) is 6.23. The number of esters is 1. The summed E-state index contributed by atoms with van der Waals surface area (Å²) in [6.07, 6.45) is 1.70. The molecule has 6 nitrogen and oxygen atoms in total. The topological polar surface area (TPSA) is 92.2 Å². The fraction of sp³-hybridized carbons (Fsp3) is 0.583. The maximum Gasteiger partial charge on any atom is 0.310 e. The number of nitriles is 1. The Morgan fingerprint density at radius 3 is 3.21 bits per heavy atom. The molecule has 0 saturated carbocycles. The van der Waals surface area contributed by atoms with E-state index < -0.39 is 0 Å². The molecule has 2 N–H and O–H groups in total. The number of aromatic nitrogens is 1. The lowest BCUT2D eigenvalue weighted by Crippen LogP contribution is -2.39. The van der Waals surface area contributed by atoms with E-state index in [0.29, 0.717) is 29.0 Å². The molecule has 1 atom stereocenters. The number of piperidine rings is 1. The van der Waals surface area contributed by atoms with Crippen molar-refractivity contribution in [2.75, 3.05) is 30.3 Å². The Morgan fingerprint density at radius 1 is 1.74 bits per heavy atom. The van der Waals surface area contributed by atoms with E-state index in [-0.39, 0.29) is 11.9 Å². The number of nitrogens with zero attached hydrogens (tertiary/aromatic N) is 3. The number of nitrogens with two attached hydrogens (primary N) is 1. The summed E-state index contributed by atoms with van der Waals surface area (Å²) >= 11 is 1.18. The monoisotopic (exact) mass is 280 g/mol. The SMILES string of the molecule is CCOC(=O)C1CCCN(c2nc(N)sc2C#N)C1. The summed E-state index contributed by atoms with van der Waals surface area (Å²) in [6, 6.07) is 2.10. The van der Waals surface area contributed by atoms with E-state index in [1.54, 1.807) is 6.92 Å². The van der Waals surface area contributed by atoms with Crippen molar-refractivity contribution in [1.82, 2.24) is 4.98 Å². The molecule has 0 amide bonds. The molecule has 0 aromatic carbocycles.